The minimum absolute atomic E-state index is 0.0633. The lowest BCUT2D eigenvalue weighted by molar-refractivity contribution is -0.143. The van der Waals surface area contributed by atoms with Crippen molar-refractivity contribution in [2.45, 2.75) is 69.9 Å². The molecule has 4 aliphatic rings. The topological polar surface area (TPSA) is 73.0 Å². The van der Waals surface area contributed by atoms with Crippen LogP contribution in [0.2, 0.25) is 0 Å². The number of hydrogen-bond donors (Lipinski definition) is 1. The van der Waals surface area contributed by atoms with Gasteiger partial charge in [0.15, 0.2) is 0 Å². The fraction of sp³-hybridized carbons (Fsp3) is 0.850. The first kappa shape index (κ1) is 18.7. The van der Waals surface area contributed by atoms with Crippen LogP contribution in [0, 0.1) is 5.92 Å². The van der Waals surface area contributed by atoms with Crippen molar-refractivity contribution >= 4 is 17.8 Å². The lowest BCUT2D eigenvalue weighted by Crippen LogP contribution is -2.56. The number of likely N-dealkylation sites (tertiary alicyclic amines) is 2. The minimum Gasteiger partial charge on any atom is -0.340 e. The first-order valence-electron chi connectivity index (χ1n) is 10.7. The van der Waals surface area contributed by atoms with Crippen LogP contribution in [0.5, 0.6) is 0 Å². The van der Waals surface area contributed by atoms with Gasteiger partial charge in [0, 0.05) is 32.1 Å². The molecule has 7 heteroatoms. The van der Waals surface area contributed by atoms with Crippen molar-refractivity contribution in [1.29, 1.82) is 0 Å². The Labute approximate surface area is 161 Å². The van der Waals surface area contributed by atoms with Gasteiger partial charge in [-0.1, -0.05) is 13.3 Å². The van der Waals surface area contributed by atoms with Crippen molar-refractivity contribution in [1.82, 2.24) is 20.0 Å². The fourth-order valence-corrected chi connectivity index (χ4v) is 5.07. The number of amides is 4. The van der Waals surface area contributed by atoms with Crippen LogP contribution in [0.1, 0.15) is 58.3 Å². The Balaban J connectivity index is 1.42. The maximum Gasteiger partial charge on any atom is 0.325 e. The SMILES string of the molecule is CCCN1CCC2(CC1)NC(=O)N([C@H]1CCCN(C(=O)C3CCC3)C1)C2=O. The summed E-state index contributed by atoms with van der Waals surface area (Å²) < 4.78 is 0. The Kier molecular flexibility index (Phi) is 5.14. The van der Waals surface area contributed by atoms with Gasteiger partial charge in [0.1, 0.15) is 5.54 Å². The van der Waals surface area contributed by atoms with Crippen LogP contribution < -0.4 is 5.32 Å². The molecular formula is C20H32N4O3. The maximum absolute atomic E-state index is 13.3. The lowest BCUT2D eigenvalue weighted by atomic mass is 9.83. The molecule has 3 heterocycles. The molecule has 7 nitrogen and oxygen atoms in total. The molecular weight excluding hydrogens is 344 g/mol. The van der Waals surface area contributed by atoms with Crippen LogP contribution in [0.15, 0.2) is 0 Å². The second-order valence-electron chi connectivity index (χ2n) is 8.74. The zero-order valence-electron chi connectivity index (χ0n) is 16.4. The fourth-order valence-electron chi connectivity index (χ4n) is 5.07. The summed E-state index contributed by atoms with van der Waals surface area (Å²) in [7, 11) is 0. The number of piperidine rings is 2. The molecule has 4 fully saturated rings. The summed E-state index contributed by atoms with van der Waals surface area (Å²) in [6.07, 6.45) is 7.24. The van der Waals surface area contributed by atoms with Crippen LogP contribution >= 0.6 is 0 Å². The van der Waals surface area contributed by atoms with Gasteiger partial charge in [-0.15, -0.1) is 0 Å². The standard InChI is InChI=1S/C20H32N4O3/c1-2-10-22-12-8-20(9-13-22)18(26)24(19(27)21-20)16-7-4-11-23(14-16)17(25)15-5-3-6-15/h15-16H,2-14H2,1H3,(H,21,27)/t16-/m0/s1. The van der Waals surface area contributed by atoms with Gasteiger partial charge >= 0.3 is 6.03 Å². The second kappa shape index (κ2) is 7.41. The number of nitrogens with one attached hydrogen (secondary N) is 1. The normalized spacial score (nSPS) is 29.1. The van der Waals surface area contributed by atoms with Gasteiger partial charge in [0.05, 0.1) is 6.04 Å². The highest BCUT2D eigenvalue weighted by Crippen LogP contribution is 2.34. The van der Waals surface area contributed by atoms with E-state index in [2.05, 4.69) is 17.1 Å². The third kappa shape index (κ3) is 3.35. The van der Waals surface area contributed by atoms with E-state index in [1.54, 1.807) is 0 Å². The average Bonchev–Trinajstić information content (AvgIpc) is 2.86. The van der Waals surface area contributed by atoms with E-state index in [9.17, 15) is 14.4 Å². The van der Waals surface area contributed by atoms with Gasteiger partial charge in [0.25, 0.3) is 5.91 Å². The van der Waals surface area contributed by atoms with Gasteiger partial charge in [0.2, 0.25) is 5.91 Å². The molecule has 1 aliphatic carbocycles. The summed E-state index contributed by atoms with van der Waals surface area (Å²) in [5, 5.41) is 3.03. The number of carbonyl (C=O) groups is 3. The summed E-state index contributed by atoms with van der Waals surface area (Å²) >= 11 is 0. The first-order chi connectivity index (χ1) is 13.0. The zero-order valence-corrected chi connectivity index (χ0v) is 16.4. The van der Waals surface area contributed by atoms with E-state index in [4.69, 9.17) is 0 Å². The maximum atomic E-state index is 13.3. The van der Waals surface area contributed by atoms with Crippen LogP contribution in [-0.2, 0) is 9.59 Å². The molecule has 0 unspecified atom stereocenters. The van der Waals surface area contributed by atoms with Crippen molar-refractivity contribution in [3.8, 4) is 0 Å². The summed E-state index contributed by atoms with van der Waals surface area (Å²) in [4.78, 5) is 44.3. The van der Waals surface area contributed by atoms with Gasteiger partial charge in [-0.05, 0) is 51.5 Å². The Bertz CT molecular complexity index is 610. The van der Waals surface area contributed by atoms with Crippen LogP contribution in [0.4, 0.5) is 4.79 Å². The Morgan fingerprint density at radius 3 is 2.48 bits per heavy atom. The molecule has 150 valence electrons. The molecule has 0 aromatic rings. The van der Waals surface area contributed by atoms with Crippen molar-refractivity contribution in [2.24, 2.45) is 5.92 Å². The van der Waals surface area contributed by atoms with Crippen molar-refractivity contribution in [3.63, 3.8) is 0 Å². The molecule has 0 aromatic carbocycles. The minimum atomic E-state index is -0.721. The number of nitrogens with zero attached hydrogens (tertiary/aromatic N) is 3. The van der Waals surface area contributed by atoms with E-state index in [0.29, 0.717) is 19.4 Å². The molecule has 1 N–H and O–H groups in total. The summed E-state index contributed by atoms with van der Waals surface area (Å²) in [5.74, 6) is 0.327. The van der Waals surface area contributed by atoms with Crippen LogP contribution in [-0.4, -0.2) is 76.8 Å². The summed E-state index contributed by atoms with van der Waals surface area (Å²) in [6, 6.07) is -0.435. The molecule has 0 radical (unpaired) electrons. The van der Waals surface area contributed by atoms with Gasteiger partial charge in [-0.3, -0.25) is 14.5 Å². The molecule has 4 rings (SSSR count). The van der Waals surface area contributed by atoms with Crippen LogP contribution in [0.3, 0.4) is 0 Å². The highest BCUT2D eigenvalue weighted by Gasteiger charge is 2.54. The van der Waals surface area contributed by atoms with E-state index in [0.717, 1.165) is 64.7 Å². The Morgan fingerprint density at radius 2 is 1.85 bits per heavy atom. The molecule has 1 atom stereocenters. The molecule has 4 amide bonds. The van der Waals surface area contributed by atoms with E-state index >= 15 is 0 Å². The van der Waals surface area contributed by atoms with E-state index in [1.807, 2.05) is 4.90 Å². The molecule has 0 bridgehead atoms. The number of rotatable bonds is 4. The number of urea groups is 1. The molecule has 1 spiro atoms. The third-order valence-corrected chi connectivity index (χ3v) is 6.97. The van der Waals surface area contributed by atoms with Gasteiger partial charge < -0.3 is 15.1 Å². The van der Waals surface area contributed by atoms with Crippen LogP contribution in [0.25, 0.3) is 0 Å². The lowest BCUT2D eigenvalue weighted by Gasteiger charge is -2.40. The molecule has 27 heavy (non-hydrogen) atoms. The highest BCUT2D eigenvalue weighted by molar-refractivity contribution is 6.07. The highest BCUT2D eigenvalue weighted by atomic mass is 16.2. The number of imide groups is 1. The molecule has 3 aliphatic heterocycles. The van der Waals surface area contributed by atoms with E-state index in [1.165, 1.54) is 4.90 Å². The third-order valence-electron chi connectivity index (χ3n) is 6.97. The average molecular weight is 377 g/mol. The number of carbonyl (C=O) groups excluding carboxylic acids is 3. The zero-order chi connectivity index (χ0) is 19.0. The quantitative estimate of drug-likeness (QED) is 0.756. The first-order valence-corrected chi connectivity index (χ1v) is 10.7. The molecule has 3 saturated heterocycles. The smallest absolute Gasteiger partial charge is 0.325 e. The predicted octanol–water partition coefficient (Wildman–Crippen LogP) is 1.57. The van der Waals surface area contributed by atoms with Gasteiger partial charge in [-0.25, -0.2) is 4.79 Å². The van der Waals surface area contributed by atoms with E-state index in [-0.39, 0.29) is 29.8 Å². The van der Waals surface area contributed by atoms with E-state index < -0.39 is 5.54 Å². The summed E-state index contributed by atoms with van der Waals surface area (Å²) in [6.45, 7) is 6.17. The van der Waals surface area contributed by atoms with Crippen molar-refractivity contribution < 1.29 is 14.4 Å². The monoisotopic (exact) mass is 376 g/mol. The number of hydrogen-bond acceptors (Lipinski definition) is 4. The largest absolute Gasteiger partial charge is 0.340 e. The Hall–Kier alpha value is -1.63. The molecule has 1 saturated carbocycles. The van der Waals surface area contributed by atoms with Gasteiger partial charge in [-0.2, -0.15) is 0 Å². The van der Waals surface area contributed by atoms with Crippen molar-refractivity contribution in [3.05, 3.63) is 0 Å². The van der Waals surface area contributed by atoms with Crippen molar-refractivity contribution in [2.75, 3.05) is 32.7 Å². The second-order valence-corrected chi connectivity index (χ2v) is 8.74. The molecule has 0 aromatic heterocycles. The summed E-state index contributed by atoms with van der Waals surface area (Å²) in [5.41, 5.74) is -0.721. The Morgan fingerprint density at radius 1 is 1.11 bits per heavy atom. The predicted molar refractivity (Wildman–Crippen MR) is 101 cm³/mol.